The largest absolute Gasteiger partial charge is 0.538 e. The molecule has 0 unspecified atom stereocenters. The Kier molecular flexibility index (Phi) is 5.70. The van der Waals surface area contributed by atoms with Crippen molar-refractivity contribution in [1.82, 2.24) is 5.27 Å². The number of carbonyl (C=O) groups is 1. The van der Waals surface area contributed by atoms with Gasteiger partial charge in [-0.2, -0.15) is 0 Å². The average Bonchev–Trinajstić information content (AvgIpc) is 2.97. The molecule has 0 spiro atoms. The van der Waals surface area contributed by atoms with E-state index < -0.39 is 5.95 Å². The Morgan fingerprint density at radius 3 is 2.69 bits per heavy atom. The Bertz CT molecular complexity index is 945. The molecular weight excluding hydrogens is 397 g/mol. The Balaban J connectivity index is 1.70. The molecule has 1 amide bonds. The Hall–Kier alpha value is -2.22. The van der Waals surface area contributed by atoms with E-state index in [1.807, 2.05) is 31.2 Å². The highest BCUT2D eigenvalue weighted by Gasteiger charge is 2.22. The van der Waals surface area contributed by atoms with Crippen LogP contribution in [-0.4, -0.2) is 16.9 Å². The van der Waals surface area contributed by atoms with E-state index in [0.717, 1.165) is 17.3 Å². The number of nitrogens with one attached hydrogen (secondary N) is 1. The van der Waals surface area contributed by atoms with Gasteiger partial charge in [0.05, 0.1) is 21.7 Å². The zero-order valence-corrected chi connectivity index (χ0v) is 15.9. The number of hydrogen-bond donors (Lipinski definition) is 1. The Labute approximate surface area is 163 Å². The van der Waals surface area contributed by atoms with Crippen LogP contribution in [-0.2, 0) is 4.79 Å². The molecule has 2 aromatic carbocycles. The summed E-state index contributed by atoms with van der Waals surface area (Å²) in [4.78, 5) is 12.2. The molecule has 0 aliphatic heterocycles. The highest BCUT2D eigenvalue weighted by molar-refractivity contribution is 7.99. The van der Waals surface area contributed by atoms with Crippen molar-refractivity contribution in [2.24, 2.45) is 0 Å². The molecule has 9 heteroatoms. The lowest BCUT2D eigenvalue weighted by Crippen LogP contribution is -2.35. The number of thioether (sulfide) groups is 1. The number of aryl methyl sites for hydroxylation is 1. The van der Waals surface area contributed by atoms with E-state index in [-0.39, 0.29) is 16.7 Å². The van der Waals surface area contributed by atoms with Gasteiger partial charge in [0.2, 0.25) is 11.6 Å². The molecule has 0 atom stereocenters. The van der Waals surface area contributed by atoms with Gasteiger partial charge in [-0.1, -0.05) is 40.9 Å². The van der Waals surface area contributed by atoms with Crippen LogP contribution in [0.4, 0.5) is 5.69 Å². The Morgan fingerprint density at radius 1 is 1.27 bits per heavy atom. The number of nitrogens with zero attached hydrogens (tertiary/aromatic N) is 2. The molecule has 0 bridgehead atoms. The van der Waals surface area contributed by atoms with Crippen molar-refractivity contribution in [1.29, 1.82) is 0 Å². The molecule has 1 aromatic heterocycles. The third kappa shape index (κ3) is 4.30. The summed E-state index contributed by atoms with van der Waals surface area (Å²) in [6.45, 7) is 1.96. The first-order chi connectivity index (χ1) is 12.4. The van der Waals surface area contributed by atoms with E-state index in [9.17, 15) is 9.90 Å². The minimum Gasteiger partial charge on any atom is -0.538 e. The first-order valence-electron chi connectivity index (χ1n) is 7.48. The third-order valence-corrected chi connectivity index (χ3v) is 4.96. The summed E-state index contributed by atoms with van der Waals surface area (Å²) in [5.74, 6) is -0.940. The number of rotatable bonds is 5. The van der Waals surface area contributed by atoms with Crippen LogP contribution in [0.25, 0.3) is 5.69 Å². The maximum absolute atomic E-state index is 12.2. The highest BCUT2D eigenvalue weighted by atomic mass is 35.5. The third-order valence-electron chi connectivity index (χ3n) is 3.40. The number of carbonyl (C=O) groups excluding carboxylic acids is 1. The normalized spacial score (nSPS) is 10.7. The van der Waals surface area contributed by atoms with Gasteiger partial charge in [-0.3, -0.25) is 4.79 Å². The summed E-state index contributed by atoms with van der Waals surface area (Å²) < 4.78 is 6.10. The minimum atomic E-state index is -0.604. The molecule has 6 nitrogen and oxygen atoms in total. The fourth-order valence-corrected chi connectivity index (χ4v) is 3.33. The summed E-state index contributed by atoms with van der Waals surface area (Å²) in [7, 11) is 0. The first-order valence-corrected chi connectivity index (χ1v) is 9.22. The van der Waals surface area contributed by atoms with E-state index in [1.165, 1.54) is 10.7 Å². The first kappa shape index (κ1) is 18.6. The van der Waals surface area contributed by atoms with Gasteiger partial charge in [0.1, 0.15) is 0 Å². The molecule has 0 aliphatic carbocycles. The molecular formula is C17H13Cl2N3O3S. The standard InChI is InChI=1S/C17H13Cl2N3O3S/c1-10-2-5-12(6-3-10)22-16(17(24)25-21-22)26-9-15(23)20-14-7-4-11(18)8-13(14)19/h2-8H,9H2,1H3,(H-,20,21,23,24). The molecule has 0 fully saturated rings. The van der Waals surface area contributed by atoms with Crippen LogP contribution >= 0.6 is 35.0 Å². The SMILES string of the molecule is Cc1ccc(-[n+]2noc([O-])c2SCC(=O)Nc2ccc(Cl)cc2Cl)cc1. The quantitative estimate of drug-likeness (QED) is 0.515. The fourth-order valence-electron chi connectivity index (χ4n) is 2.12. The fraction of sp³-hybridized carbons (Fsp3) is 0.118. The van der Waals surface area contributed by atoms with Gasteiger partial charge in [0.25, 0.3) is 5.03 Å². The van der Waals surface area contributed by atoms with Gasteiger partial charge in [0, 0.05) is 17.2 Å². The van der Waals surface area contributed by atoms with E-state index in [1.54, 1.807) is 12.1 Å². The van der Waals surface area contributed by atoms with Gasteiger partial charge in [-0.15, -0.1) is 0 Å². The van der Waals surface area contributed by atoms with Gasteiger partial charge in [0.15, 0.2) is 5.95 Å². The number of benzene rings is 2. The average molecular weight is 410 g/mol. The van der Waals surface area contributed by atoms with E-state index >= 15 is 0 Å². The number of amides is 1. The Morgan fingerprint density at radius 2 is 2.00 bits per heavy atom. The van der Waals surface area contributed by atoms with Crippen molar-refractivity contribution in [3.63, 3.8) is 0 Å². The second-order valence-electron chi connectivity index (χ2n) is 5.37. The lowest BCUT2D eigenvalue weighted by molar-refractivity contribution is -0.705. The summed E-state index contributed by atoms with van der Waals surface area (Å²) in [6.07, 6.45) is 0. The molecule has 3 rings (SSSR count). The molecule has 134 valence electrons. The zero-order chi connectivity index (χ0) is 18.7. The molecule has 0 saturated heterocycles. The molecule has 1 N–H and O–H groups in total. The number of hydrogen-bond acceptors (Lipinski definition) is 5. The molecule has 0 radical (unpaired) electrons. The molecule has 1 heterocycles. The van der Waals surface area contributed by atoms with Crippen LogP contribution in [0.3, 0.4) is 0 Å². The topological polar surface area (TPSA) is 82.1 Å². The maximum atomic E-state index is 12.2. The molecule has 0 saturated carbocycles. The van der Waals surface area contributed by atoms with E-state index in [4.69, 9.17) is 27.7 Å². The monoisotopic (exact) mass is 409 g/mol. The molecule has 3 aromatic rings. The van der Waals surface area contributed by atoms with Crippen LogP contribution in [0.2, 0.25) is 10.0 Å². The van der Waals surface area contributed by atoms with Crippen LogP contribution < -0.4 is 15.1 Å². The van der Waals surface area contributed by atoms with Crippen LogP contribution in [0.1, 0.15) is 5.56 Å². The highest BCUT2D eigenvalue weighted by Crippen LogP contribution is 2.27. The second-order valence-corrected chi connectivity index (χ2v) is 7.18. The van der Waals surface area contributed by atoms with Crippen LogP contribution in [0, 0.1) is 6.92 Å². The molecule has 26 heavy (non-hydrogen) atoms. The predicted molar refractivity (Wildman–Crippen MR) is 98.0 cm³/mol. The summed E-state index contributed by atoms with van der Waals surface area (Å²) in [5, 5.41) is 19.3. The number of halogens is 2. The van der Waals surface area contributed by atoms with Gasteiger partial charge in [-0.05, 0) is 41.6 Å². The van der Waals surface area contributed by atoms with Crippen molar-refractivity contribution >= 4 is 46.6 Å². The summed E-state index contributed by atoms with van der Waals surface area (Å²) in [5.41, 5.74) is 2.19. The second kappa shape index (κ2) is 7.99. The van der Waals surface area contributed by atoms with E-state index in [2.05, 4.69) is 10.6 Å². The van der Waals surface area contributed by atoms with Crippen molar-refractivity contribution in [3.05, 3.63) is 58.1 Å². The van der Waals surface area contributed by atoms with Gasteiger partial charge in [-0.25, -0.2) is 0 Å². The van der Waals surface area contributed by atoms with Gasteiger partial charge >= 0.3 is 0 Å². The lowest BCUT2D eigenvalue weighted by atomic mass is 10.2. The zero-order valence-electron chi connectivity index (χ0n) is 13.5. The van der Waals surface area contributed by atoms with Crippen molar-refractivity contribution in [3.8, 4) is 11.6 Å². The molecule has 0 aliphatic rings. The summed E-state index contributed by atoms with van der Waals surface area (Å²) in [6, 6.07) is 12.2. The number of aromatic nitrogens is 2. The summed E-state index contributed by atoms with van der Waals surface area (Å²) >= 11 is 12.9. The van der Waals surface area contributed by atoms with Crippen LogP contribution in [0.5, 0.6) is 5.95 Å². The maximum Gasteiger partial charge on any atom is 0.298 e. The lowest BCUT2D eigenvalue weighted by Gasteiger charge is -2.06. The van der Waals surface area contributed by atoms with E-state index in [0.29, 0.717) is 21.4 Å². The minimum absolute atomic E-state index is 0.0126. The van der Waals surface area contributed by atoms with Crippen molar-refractivity contribution < 1.29 is 19.1 Å². The van der Waals surface area contributed by atoms with Crippen LogP contribution in [0.15, 0.2) is 52.0 Å². The number of anilines is 1. The predicted octanol–water partition coefficient (Wildman–Crippen LogP) is 3.37. The van der Waals surface area contributed by atoms with Crippen molar-refractivity contribution in [2.75, 3.05) is 11.1 Å². The smallest absolute Gasteiger partial charge is 0.298 e. The van der Waals surface area contributed by atoms with Crippen molar-refractivity contribution in [2.45, 2.75) is 11.9 Å². The van der Waals surface area contributed by atoms with Gasteiger partial charge < -0.3 is 14.9 Å².